The highest BCUT2D eigenvalue weighted by atomic mass is 16.7. The predicted molar refractivity (Wildman–Crippen MR) is 123 cm³/mol. The molecular weight excluding hydrogens is 392 g/mol. The normalized spacial score (nSPS) is 18.7. The molecule has 0 saturated heterocycles. The summed E-state index contributed by atoms with van der Waals surface area (Å²) in [4.78, 5) is 12.3. The lowest BCUT2D eigenvalue weighted by atomic mass is 9.76. The van der Waals surface area contributed by atoms with E-state index >= 15 is 0 Å². The first-order valence-electron chi connectivity index (χ1n) is 11.4. The third-order valence-electron chi connectivity index (χ3n) is 6.14. The van der Waals surface area contributed by atoms with Crippen LogP contribution in [0.1, 0.15) is 64.0 Å². The average molecular weight is 429 g/mol. The van der Waals surface area contributed by atoms with Crippen LogP contribution in [-0.2, 0) is 19.0 Å². The molecule has 0 fully saturated rings. The number of rotatable bonds is 11. The Morgan fingerprint density at radius 3 is 2.26 bits per heavy atom. The molecule has 0 aromatic heterocycles. The second-order valence-electron chi connectivity index (χ2n) is 8.94. The molecule has 0 bridgehead atoms. The second-order valence-corrected chi connectivity index (χ2v) is 8.94. The molecule has 3 unspecified atom stereocenters. The van der Waals surface area contributed by atoms with Gasteiger partial charge in [-0.3, -0.25) is 0 Å². The average Bonchev–Trinajstić information content (AvgIpc) is 3.09. The largest absolute Gasteiger partial charge is 0.481 e. The van der Waals surface area contributed by atoms with E-state index in [1.54, 1.807) is 7.11 Å². The van der Waals surface area contributed by atoms with E-state index in [9.17, 15) is 4.79 Å². The number of carbonyl (C=O) groups excluding carboxylic acids is 1. The van der Waals surface area contributed by atoms with Crippen LogP contribution in [0, 0.1) is 11.8 Å². The standard InChI is InChI=1S/C26H36O5/c1-7-23(29-14-13-28-6)31-22(27)15-30-21-12-11-20-25(17(4)5)24(16(2)3)19-10-8-9-18(21)26(19)20/h8-12,16-17,23-25H,7,13-15H2,1-6H3. The number of carbonyl (C=O) groups is 1. The number of ether oxygens (including phenoxy) is 4. The highest BCUT2D eigenvalue weighted by Gasteiger charge is 2.38. The summed E-state index contributed by atoms with van der Waals surface area (Å²) in [5.74, 6) is 2.37. The first-order chi connectivity index (χ1) is 14.9. The van der Waals surface area contributed by atoms with Crippen molar-refractivity contribution >= 4 is 16.7 Å². The quantitative estimate of drug-likeness (QED) is 0.263. The summed E-state index contributed by atoms with van der Waals surface area (Å²) in [5, 5.41) is 2.36. The van der Waals surface area contributed by atoms with E-state index in [-0.39, 0.29) is 6.61 Å². The van der Waals surface area contributed by atoms with Crippen LogP contribution in [0.25, 0.3) is 10.8 Å². The van der Waals surface area contributed by atoms with Gasteiger partial charge in [-0.25, -0.2) is 4.79 Å². The number of hydrogen-bond acceptors (Lipinski definition) is 5. The van der Waals surface area contributed by atoms with E-state index in [1.807, 2.05) is 13.0 Å². The Kier molecular flexibility index (Phi) is 7.95. The van der Waals surface area contributed by atoms with Crippen molar-refractivity contribution in [2.75, 3.05) is 26.9 Å². The molecular formula is C26H36O5. The predicted octanol–water partition coefficient (Wildman–Crippen LogP) is 5.65. The number of esters is 1. The van der Waals surface area contributed by atoms with Gasteiger partial charge in [-0.1, -0.05) is 58.9 Å². The van der Waals surface area contributed by atoms with E-state index < -0.39 is 12.3 Å². The molecule has 31 heavy (non-hydrogen) atoms. The lowest BCUT2D eigenvalue weighted by Gasteiger charge is -2.28. The van der Waals surface area contributed by atoms with Crippen LogP contribution in [0.2, 0.25) is 0 Å². The molecule has 170 valence electrons. The van der Waals surface area contributed by atoms with E-state index in [0.29, 0.717) is 43.3 Å². The van der Waals surface area contributed by atoms with Gasteiger partial charge in [0.1, 0.15) is 5.75 Å². The van der Waals surface area contributed by atoms with E-state index in [1.165, 1.54) is 16.5 Å². The summed E-state index contributed by atoms with van der Waals surface area (Å²) in [7, 11) is 1.61. The minimum atomic E-state index is -0.586. The number of hydrogen-bond donors (Lipinski definition) is 0. The summed E-state index contributed by atoms with van der Waals surface area (Å²) in [6.07, 6.45) is -0.0125. The van der Waals surface area contributed by atoms with Gasteiger partial charge < -0.3 is 18.9 Å². The van der Waals surface area contributed by atoms with Gasteiger partial charge in [0, 0.05) is 18.9 Å². The molecule has 0 N–H and O–H groups in total. The van der Waals surface area contributed by atoms with Crippen molar-refractivity contribution in [1.82, 2.24) is 0 Å². The monoisotopic (exact) mass is 428 g/mol. The fourth-order valence-electron chi connectivity index (χ4n) is 4.87. The van der Waals surface area contributed by atoms with Crippen LogP contribution < -0.4 is 4.74 Å². The summed E-state index contributed by atoms with van der Waals surface area (Å²) >= 11 is 0. The molecule has 0 aliphatic heterocycles. The van der Waals surface area contributed by atoms with Gasteiger partial charge in [-0.15, -0.1) is 0 Å². The maximum atomic E-state index is 12.3. The molecule has 1 aliphatic rings. The zero-order valence-electron chi connectivity index (χ0n) is 19.6. The van der Waals surface area contributed by atoms with Crippen LogP contribution >= 0.6 is 0 Å². The van der Waals surface area contributed by atoms with Gasteiger partial charge in [0.25, 0.3) is 0 Å². The summed E-state index contributed by atoms with van der Waals surface area (Å²) in [6, 6.07) is 10.6. The van der Waals surface area contributed by atoms with E-state index in [2.05, 4.69) is 52.0 Å². The molecule has 0 radical (unpaired) electrons. The maximum Gasteiger partial charge on any atom is 0.346 e. The topological polar surface area (TPSA) is 54.0 Å². The fraction of sp³-hybridized carbons (Fsp3) is 0.577. The third kappa shape index (κ3) is 5.04. The molecule has 0 heterocycles. The zero-order valence-corrected chi connectivity index (χ0v) is 19.6. The zero-order chi connectivity index (χ0) is 22.5. The molecule has 5 nitrogen and oxygen atoms in total. The first kappa shape index (κ1) is 23.6. The Hall–Kier alpha value is -2.11. The highest BCUT2D eigenvalue weighted by Crippen LogP contribution is 2.54. The van der Waals surface area contributed by atoms with Gasteiger partial charge in [0.2, 0.25) is 6.29 Å². The van der Waals surface area contributed by atoms with Crippen LogP contribution in [0.4, 0.5) is 0 Å². The molecule has 3 atom stereocenters. The number of methoxy groups -OCH3 is 1. The number of benzene rings is 2. The summed E-state index contributed by atoms with van der Waals surface area (Å²) < 4.78 is 21.8. The Morgan fingerprint density at radius 2 is 1.65 bits per heavy atom. The van der Waals surface area contributed by atoms with Gasteiger partial charge >= 0.3 is 5.97 Å². The van der Waals surface area contributed by atoms with Crippen LogP contribution in [0.15, 0.2) is 30.3 Å². The SMILES string of the molecule is CCC(OCCOC)OC(=O)COc1ccc2c3c(cccc13)C(C(C)C)C2C(C)C. The molecule has 1 aliphatic carbocycles. The van der Waals surface area contributed by atoms with Gasteiger partial charge in [-0.2, -0.15) is 0 Å². The van der Waals surface area contributed by atoms with Gasteiger partial charge in [-0.05, 0) is 46.3 Å². The Labute approximate surface area is 186 Å². The van der Waals surface area contributed by atoms with E-state index in [0.717, 1.165) is 11.1 Å². The molecule has 0 spiro atoms. The highest BCUT2D eigenvalue weighted by molar-refractivity contribution is 5.96. The van der Waals surface area contributed by atoms with Gasteiger partial charge in [0.05, 0.1) is 13.2 Å². The van der Waals surface area contributed by atoms with Crippen molar-refractivity contribution in [3.8, 4) is 5.75 Å². The van der Waals surface area contributed by atoms with Crippen molar-refractivity contribution in [1.29, 1.82) is 0 Å². The van der Waals surface area contributed by atoms with Gasteiger partial charge in [0.15, 0.2) is 6.61 Å². The Morgan fingerprint density at radius 1 is 0.968 bits per heavy atom. The molecule has 5 heteroatoms. The van der Waals surface area contributed by atoms with E-state index in [4.69, 9.17) is 18.9 Å². The molecule has 2 aromatic carbocycles. The summed E-state index contributed by atoms with van der Waals surface area (Å²) in [5.41, 5.74) is 2.79. The second kappa shape index (κ2) is 10.5. The maximum absolute atomic E-state index is 12.3. The minimum Gasteiger partial charge on any atom is -0.481 e. The molecule has 0 saturated carbocycles. The van der Waals surface area contributed by atoms with Crippen molar-refractivity contribution in [2.45, 2.75) is 59.2 Å². The molecule has 2 aromatic rings. The molecule has 0 amide bonds. The van der Waals surface area contributed by atoms with Crippen LogP contribution in [0.5, 0.6) is 5.75 Å². The fourth-order valence-corrected chi connectivity index (χ4v) is 4.87. The molecule has 3 rings (SSSR count). The van der Waals surface area contributed by atoms with Crippen LogP contribution in [0.3, 0.4) is 0 Å². The van der Waals surface area contributed by atoms with Crippen molar-refractivity contribution in [3.63, 3.8) is 0 Å². The lowest BCUT2D eigenvalue weighted by molar-refractivity contribution is -0.183. The first-order valence-corrected chi connectivity index (χ1v) is 11.4. The van der Waals surface area contributed by atoms with Crippen molar-refractivity contribution in [3.05, 3.63) is 41.5 Å². The Balaban J connectivity index is 1.77. The van der Waals surface area contributed by atoms with Crippen molar-refractivity contribution < 1.29 is 23.7 Å². The van der Waals surface area contributed by atoms with Crippen LogP contribution in [-0.4, -0.2) is 39.2 Å². The smallest absolute Gasteiger partial charge is 0.346 e. The lowest BCUT2D eigenvalue weighted by Crippen LogP contribution is -2.25. The Bertz CT molecular complexity index is 868. The minimum absolute atomic E-state index is 0.149. The van der Waals surface area contributed by atoms with Crippen molar-refractivity contribution in [2.24, 2.45) is 11.8 Å². The third-order valence-corrected chi connectivity index (χ3v) is 6.14. The summed E-state index contributed by atoms with van der Waals surface area (Å²) in [6.45, 7) is 11.8.